The molecule has 0 aliphatic carbocycles. The largest absolute Gasteiger partial charge is 0.491 e. The van der Waals surface area contributed by atoms with E-state index in [0.717, 1.165) is 37.7 Å². The Bertz CT molecular complexity index is 715. The number of benzene rings is 2. The Labute approximate surface area is 152 Å². The van der Waals surface area contributed by atoms with Crippen LogP contribution in [-0.2, 0) is 9.53 Å². The highest BCUT2D eigenvalue weighted by atomic mass is 19.1. The first-order valence-electron chi connectivity index (χ1n) is 8.82. The van der Waals surface area contributed by atoms with Crippen molar-refractivity contribution in [1.29, 1.82) is 0 Å². The van der Waals surface area contributed by atoms with Crippen LogP contribution < -0.4 is 15.0 Å². The zero-order valence-electron chi connectivity index (χ0n) is 14.6. The summed E-state index contributed by atoms with van der Waals surface area (Å²) >= 11 is 0. The van der Waals surface area contributed by atoms with Gasteiger partial charge in [0.05, 0.1) is 19.8 Å². The molecule has 2 aromatic carbocycles. The molecule has 26 heavy (non-hydrogen) atoms. The Hall–Kier alpha value is -2.60. The number of amides is 1. The number of carbonyl (C=O) groups excluding carboxylic acids is 1. The van der Waals surface area contributed by atoms with E-state index in [-0.39, 0.29) is 11.7 Å². The van der Waals surface area contributed by atoms with Crippen molar-refractivity contribution in [2.24, 2.45) is 0 Å². The van der Waals surface area contributed by atoms with Gasteiger partial charge in [0.2, 0.25) is 5.91 Å². The Balaban J connectivity index is 1.39. The molecule has 1 fully saturated rings. The lowest BCUT2D eigenvalue weighted by Gasteiger charge is -2.28. The molecule has 6 heteroatoms. The minimum Gasteiger partial charge on any atom is -0.491 e. The molecule has 1 heterocycles. The highest BCUT2D eigenvalue weighted by Gasteiger charge is 2.11. The second-order valence-corrected chi connectivity index (χ2v) is 6.08. The van der Waals surface area contributed by atoms with E-state index in [2.05, 4.69) is 10.2 Å². The monoisotopic (exact) mass is 358 g/mol. The number of para-hydroxylation sites is 1. The quantitative estimate of drug-likeness (QED) is 0.770. The molecule has 2 aromatic rings. The fraction of sp³-hybridized carbons (Fsp3) is 0.350. The number of anilines is 2. The highest BCUT2D eigenvalue weighted by Crippen LogP contribution is 2.19. The topological polar surface area (TPSA) is 50.8 Å². The van der Waals surface area contributed by atoms with Gasteiger partial charge in [-0.1, -0.05) is 12.1 Å². The van der Waals surface area contributed by atoms with E-state index >= 15 is 0 Å². The summed E-state index contributed by atoms with van der Waals surface area (Å²) in [5, 5.41) is 2.87. The van der Waals surface area contributed by atoms with E-state index in [0.29, 0.717) is 19.4 Å². The zero-order chi connectivity index (χ0) is 18.2. The lowest BCUT2D eigenvalue weighted by molar-refractivity contribution is -0.116. The standard InChI is InChI=1S/C20H23FN2O3/c21-18-4-1-2-5-19(18)26-13-3-6-20(24)22-16-7-9-17(10-8-16)23-11-14-25-15-12-23/h1-2,4-5,7-10H,3,6,11-15H2,(H,22,24). The fourth-order valence-corrected chi connectivity index (χ4v) is 2.78. The van der Waals surface area contributed by atoms with Crippen LogP contribution in [0.15, 0.2) is 48.5 Å². The minimum atomic E-state index is -0.391. The van der Waals surface area contributed by atoms with Gasteiger partial charge < -0.3 is 19.7 Å². The number of hydrogen-bond acceptors (Lipinski definition) is 4. The lowest BCUT2D eigenvalue weighted by atomic mass is 10.2. The van der Waals surface area contributed by atoms with Crippen molar-refractivity contribution in [3.05, 3.63) is 54.3 Å². The van der Waals surface area contributed by atoms with E-state index < -0.39 is 5.82 Å². The van der Waals surface area contributed by atoms with Crippen molar-refractivity contribution in [2.45, 2.75) is 12.8 Å². The normalized spacial score (nSPS) is 14.1. The van der Waals surface area contributed by atoms with E-state index in [1.807, 2.05) is 24.3 Å². The second kappa shape index (κ2) is 9.20. The highest BCUT2D eigenvalue weighted by molar-refractivity contribution is 5.90. The van der Waals surface area contributed by atoms with Crippen molar-refractivity contribution in [3.63, 3.8) is 0 Å². The Morgan fingerprint density at radius 3 is 2.58 bits per heavy atom. The van der Waals surface area contributed by atoms with Crippen molar-refractivity contribution >= 4 is 17.3 Å². The number of rotatable bonds is 7. The molecule has 0 saturated carbocycles. The maximum absolute atomic E-state index is 13.4. The maximum atomic E-state index is 13.4. The average Bonchev–Trinajstić information content (AvgIpc) is 2.68. The molecule has 0 spiro atoms. The molecule has 1 N–H and O–H groups in total. The molecule has 0 atom stereocenters. The van der Waals surface area contributed by atoms with E-state index in [4.69, 9.17) is 9.47 Å². The first kappa shape index (κ1) is 18.2. The van der Waals surface area contributed by atoms with Gasteiger partial charge in [0.15, 0.2) is 11.6 Å². The van der Waals surface area contributed by atoms with Crippen molar-refractivity contribution in [2.75, 3.05) is 43.1 Å². The average molecular weight is 358 g/mol. The third-order valence-corrected chi connectivity index (χ3v) is 4.17. The molecule has 138 valence electrons. The Kier molecular flexibility index (Phi) is 6.44. The summed E-state index contributed by atoms with van der Waals surface area (Å²) in [4.78, 5) is 14.3. The molecule has 0 bridgehead atoms. The summed E-state index contributed by atoms with van der Waals surface area (Å²) in [6.45, 7) is 3.55. The van der Waals surface area contributed by atoms with Gasteiger partial charge in [0.1, 0.15) is 0 Å². The molecule has 0 unspecified atom stereocenters. The maximum Gasteiger partial charge on any atom is 0.224 e. The summed E-state index contributed by atoms with van der Waals surface area (Å²) in [6, 6.07) is 14.1. The van der Waals surface area contributed by atoms with Gasteiger partial charge in [0.25, 0.3) is 0 Å². The Morgan fingerprint density at radius 2 is 1.85 bits per heavy atom. The minimum absolute atomic E-state index is 0.0822. The summed E-state index contributed by atoms with van der Waals surface area (Å²) in [7, 11) is 0. The zero-order valence-corrected chi connectivity index (χ0v) is 14.6. The lowest BCUT2D eigenvalue weighted by Crippen LogP contribution is -2.36. The molecule has 1 amide bonds. The van der Waals surface area contributed by atoms with Crippen LogP contribution >= 0.6 is 0 Å². The summed E-state index contributed by atoms with van der Waals surface area (Å²) in [5.74, 6) is -0.259. The smallest absolute Gasteiger partial charge is 0.224 e. The molecular formula is C20H23FN2O3. The molecule has 0 aromatic heterocycles. The number of morpholine rings is 1. The van der Waals surface area contributed by atoms with E-state index in [1.54, 1.807) is 18.2 Å². The first-order chi connectivity index (χ1) is 12.7. The summed E-state index contributed by atoms with van der Waals surface area (Å²) < 4.78 is 24.1. The first-order valence-corrected chi connectivity index (χ1v) is 8.82. The van der Waals surface area contributed by atoms with Crippen molar-refractivity contribution in [3.8, 4) is 5.75 Å². The van der Waals surface area contributed by atoms with Crippen LogP contribution in [0.4, 0.5) is 15.8 Å². The van der Waals surface area contributed by atoms with Gasteiger partial charge in [-0.15, -0.1) is 0 Å². The number of nitrogens with zero attached hydrogens (tertiary/aromatic N) is 1. The van der Waals surface area contributed by atoms with Crippen LogP contribution in [0.3, 0.4) is 0 Å². The molecule has 0 radical (unpaired) electrons. The van der Waals surface area contributed by atoms with Gasteiger partial charge in [0, 0.05) is 30.9 Å². The van der Waals surface area contributed by atoms with Gasteiger partial charge in [-0.2, -0.15) is 0 Å². The third kappa shape index (κ3) is 5.20. The van der Waals surface area contributed by atoms with Crippen LogP contribution in [-0.4, -0.2) is 38.8 Å². The molecule has 1 saturated heterocycles. The number of nitrogens with one attached hydrogen (secondary N) is 1. The second-order valence-electron chi connectivity index (χ2n) is 6.08. The predicted molar refractivity (Wildman–Crippen MR) is 99.2 cm³/mol. The number of ether oxygens (including phenoxy) is 2. The van der Waals surface area contributed by atoms with Crippen LogP contribution in [0.2, 0.25) is 0 Å². The SMILES string of the molecule is O=C(CCCOc1ccccc1F)Nc1ccc(N2CCOCC2)cc1. The van der Waals surface area contributed by atoms with Gasteiger partial charge >= 0.3 is 0 Å². The van der Waals surface area contributed by atoms with Crippen LogP contribution in [0.5, 0.6) is 5.75 Å². The molecule has 5 nitrogen and oxygen atoms in total. The van der Waals surface area contributed by atoms with E-state index in [1.165, 1.54) is 6.07 Å². The van der Waals surface area contributed by atoms with Gasteiger partial charge in [-0.3, -0.25) is 4.79 Å². The van der Waals surface area contributed by atoms with Crippen LogP contribution in [0.25, 0.3) is 0 Å². The number of carbonyl (C=O) groups is 1. The van der Waals surface area contributed by atoms with E-state index in [9.17, 15) is 9.18 Å². The Morgan fingerprint density at radius 1 is 1.12 bits per heavy atom. The molecular weight excluding hydrogens is 335 g/mol. The van der Waals surface area contributed by atoms with Gasteiger partial charge in [-0.25, -0.2) is 4.39 Å². The van der Waals surface area contributed by atoms with Crippen LogP contribution in [0, 0.1) is 5.82 Å². The van der Waals surface area contributed by atoms with Crippen LogP contribution in [0.1, 0.15) is 12.8 Å². The van der Waals surface area contributed by atoms with Crippen molar-refractivity contribution in [1.82, 2.24) is 0 Å². The fourth-order valence-electron chi connectivity index (χ4n) is 2.78. The number of halogens is 1. The van der Waals surface area contributed by atoms with Crippen molar-refractivity contribution < 1.29 is 18.7 Å². The molecule has 1 aliphatic rings. The van der Waals surface area contributed by atoms with Gasteiger partial charge in [-0.05, 0) is 42.8 Å². The molecule has 3 rings (SSSR count). The molecule has 1 aliphatic heterocycles. The predicted octanol–water partition coefficient (Wildman–Crippen LogP) is 3.46. The summed E-state index contributed by atoms with van der Waals surface area (Å²) in [6.07, 6.45) is 0.839. The third-order valence-electron chi connectivity index (χ3n) is 4.17. The summed E-state index contributed by atoms with van der Waals surface area (Å²) in [5.41, 5.74) is 1.90. The number of hydrogen-bond donors (Lipinski definition) is 1.